The zero-order valence-corrected chi connectivity index (χ0v) is 14.7. The average Bonchev–Trinajstić information content (AvgIpc) is 2.93. The van der Waals surface area contributed by atoms with Gasteiger partial charge in [-0.15, -0.1) is 11.3 Å². The third-order valence-corrected chi connectivity index (χ3v) is 7.30. The van der Waals surface area contributed by atoms with E-state index in [0.29, 0.717) is 6.04 Å². The number of hydrogen-bond donors (Lipinski definition) is 0. The Bertz CT molecular complexity index is 743. The van der Waals surface area contributed by atoms with Gasteiger partial charge in [-0.05, 0) is 44.1 Å². The maximum Gasteiger partial charge on any atom is 0.246 e. The number of nitrogens with zero attached hydrogens (tertiary/aromatic N) is 2. The van der Waals surface area contributed by atoms with Gasteiger partial charge >= 0.3 is 0 Å². The van der Waals surface area contributed by atoms with Gasteiger partial charge in [0.2, 0.25) is 4.74 Å². The van der Waals surface area contributed by atoms with Gasteiger partial charge < -0.3 is 4.90 Å². The maximum atomic E-state index is 12.7. The second kappa shape index (κ2) is 5.93. The Balaban J connectivity index is 1.75. The van der Waals surface area contributed by atoms with Crippen molar-refractivity contribution in [2.45, 2.75) is 63.8 Å². The molecule has 1 fully saturated rings. The van der Waals surface area contributed by atoms with E-state index >= 15 is 0 Å². The first-order valence-corrected chi connectivity index (χ1v) is 10.1. The Morgan fingerprint density at radius 3 is 2.64 bits per heavy atom. The van der Waals surface area contributed by atoms with Crippen LogP contribution in [-0.4, -0.2) is 18.1 Å². The minimum atomic E-state index is 0.224. The van der Waals surface area contributed by atoms with Crippen molar-refractivity contribution < 1.29 is 0 Å². The van der Waals surface area contributed by atoms with Crippen LogP contribution in [0.2, 0.25) is 0 Å². The monoisotopic (exact) mass is 334 g/mol. The molecule has 5 heteroatoms. The first kappa shape index (κ1) is 14.6. The SMILES string of the molecule is CN(c1nc2sc3c(c2c(=O)s1)CCCC3)C1CCCCC1. The number of rotatable bonds is 2. The summed E-state index contributed by atoms with van der Waals surface area (Å²) in [6.07, 6.45) is 11.1. The van der Waals surface area contributed by atoms with Gasteiger partial charge in [-0.2, -0.15) is 0 Å². The molecule has 4 rings (SSSR count). The van der Waals surface area contributed by atoms with Crippen LogP contribution in [0.15, 0.2) is 4.79 Å². The van der Waals surface area contributed by atoms with Gasteiger partial charge in [-0.1, -0.05) is 30.6 Å². The summed E-state index contributed by atoms with van der Waals surface area (Å²) in [6, 6.07) is 0.559. The molecule has 0 aromatic carbocycles. The lowest BCUT2D eigenvalue weighted by Crippen LogP contribution is -2.33. The van der Waals surface area contributed by atoms with E-state index in [0.717, 1.165) is 28.2 Å². The second-order valence-electron chi connectivity index (χ2n) is 6.58. The average molecular weight is 335 g/mol. The lowest BCUT2D eigenvalue weighted by molar-refractivity contribution is 0.427. The van der Waals surface area contributed by atoms with Crippen LogP contribution in [0.1, 0.15) is 55.4 Å². The first-order chi connectivity index (χ1) is 10.7. The molecular weight excluding hydrogens is 312 g/mol. The molecule has 0 saturated heterocycles. The summed E-state index contributed by atoms with van der Waals surface area (Å²) >= 11 is 3.11. The van der Waals surface area contributed by atoms with Gasteiger partial charge in [0.25, 0.3) is 0 Å². The quantitative estimate of drug-likeness (QED) is 0.818. The van der Waals surface area contributed by atoms with E-state index in [1.165, 1.54) is 66.7 Å². The molecule has 2 aliphatic carbocycles. The molecule has 0 amide bonds. The van der Waals surface area contributed by atoms with Crippen molar-refractivity contribution in [3.63, 3.8) is 0 Å². The molecule has 0 atom stereocenters. The Labute approximate surface area is 139 Å². The Morgan fingerprint density at radius 1 is 1.05 bits per heavy atom. The lowest BCUT2D eigenvalue weighted by Gasteiger charge is -2.31. The molecule has 22 heavy (non-hydrogen) atoms. The fourth-order valence-corrected chi connectivity index (χ4v) is 6.16. The number of anilines is 1. The maximum absolute atomic E-state index is 12.7. The molecular formula is C17H22N2OS2. The van der Waals surface area contributed by atoms with Gasteiger partial charge in [-0.25, -0.2) is 4.98 Å². The second-order valence-corrected chi connectivity index (χ2v) is 8.60. The first-order valence-electron chi connectivity index (χ1n) is 8.42. The Morgan fingerprint density at radius 2 is 1.82 bits per heavy atom. The van der Waals surface area contributed by atoms with E-state index < -0.39 is 0 Å². The van der Waals surface area contributed by atoms with Crippen molar-refractivity contribution >= 4 is 38.0 Å². The highest BCUT2D eigenvalue weighted by Gasteiger charge is 2.23. The summed E-state index contributed by atoms with van der Waals surface area (Å²) in [7, 11) is 2.12. The normalized spacial score (nSPS) is 19.3. The van der Waals surface area contributed by atoms with Crippen molar-refractivity contribution in [2.75, 3.05) is 11.9 Å². The molecule has 0 unspecified atom stereocenters. The van der Waals surface area contributed by atoms with E-state index in [1.807, 2.05) is 0 Å². The van der Waals surface area contributed by atoms with Crippen LogP contribution in [0, 0.1) is 0 Å². The van der Waals surface area contributed by atoms with E-state index in [-0.39, 0.29) is 4.74 Å². The van der Waals surface area contributed by atoms with Gasteiger partial charge in [0.1, 0.15) is 4.83 Å². The molecule has 0 radical (unpaired) electrons. The molecule has 0 aliphatic heterocycles. The highest BCUT2D eigenvalue weighted by atomic mass is 32.1. The largest absolute Gasteiger partial charge is 0.348 e. The highest BCUT2D eigenvalue weighted by molar-refractivity contribution is 7.20. The lowest BCUT2D eigenvalue weighted by atomic mass is 9.95. The molecule has 2 aromatic rings. The summed E-state index contributed by atoms with van der Waals surface area (Å²) in [5, 5.41) is 1.86. The van der Waals surface area contributed by atoms with Crippen molar-refractivity contribution in [3.8, 4) is 0 Å². The molecule has 1 saturated carbocycles. The number of fused-ring (bicyclic) bond motifs is 3. The zero-order valence-electron chi connectivity index (χ0n) is 13.1. The van der Waals surface area contributed by atoms with E-state index in [9.17, 15) is 4.79 Å². The van der Waals surface area contributed by atoms with Crippen LogP contribution in [0.4, 0.5) is 5.13 Å². The third kappa shape index (κ3) is 2.48. The van der Waals surface area contributed by atoms with E-state index in [1.54, 1.807) is 11.3 Å². The summed E-state index contributed by atoms with van der Waals surface area (Å²) in [5.74, 6) is 0. The summed E-state index contributed by atoms with van der Waals surface area (Å²) in [5.41, 5.74) is 1.31. The van der Waals surface area contributed by atoms with Crippen LogP contribution < -0.4 is 9.64 Å². The van der Waals surface area contributed by atoms with Crippen LogP contribution in [-0.2, 0) is 12.8 Å². The summed E-state index contributed by atoms with van der Waals surface area (Å²) < 4.78 is 0.224. The molecule has 0 N–H and O–H groups in total. The fourth-order valence-electron chi connectivity index (χ4n) is 3.86. The van der Waals surface area contributed by atoms with E-state index in [4.69, 9.17) is 4.98 Å². The van der Waals surface area contributed by atoms with Gasteiger partial charge in [0.05, 0.1) is 5.39 Å². The molecule has 0 spiro atoms. The number of aromatic nitrogens is 1. The van der Waals surface area contributed by atoms with Crippen LogP contribution in [0.3, 0.4) is 0 Å². The number of aryl methyl sites for hydroxylation is 2. The van der Waals surface area contributed by atoms with Crippen molar-refractivity contribution in [3.05, 3.63) is 20.0 Å². The smallest absolute Gasteiger partial charge is 0.246 e. The molecule has 2 heterocycles. The molecule has 118 valence electrons. The topological polar surface area (TPSA) is 33.2 Å². The van der Waals surface area contributed by atoms with Gasteiger partial charge in [-0.3, -0.25) is 4.79 Å². The predicted molar refractivity (Wildman–Crippen MR) is 95.7 cm³/mol. The number of hydrogen-bond acceptors (Lipinski definition) is 5. The summed E-state index contributed by atoms with van der Waals surface area (Å²) in [6.45, 7) is 0. The van der Waals surface area contributed by atoms with E-state index in [2.05, 4.69) is 11.9 Å². The zero-order chi connectivity index (χ0) is 15.1. The minimum Gasteiger partial charge on any atom is -0.348 e. The highest BCUT2D eigenvalue weighted by Crippen LogP contribution is 2.36. The third-order valence-electron chi connectivity index (χ3n) is 5.16. The fraction of sp³-hybridized carbons (Fsp3) is 0.647. The molecule has 2 aliphatic rings. The summed E-state index contributed by atoms with van der Waals surface area (Å²) in [4.78, 5) is 22.2. The van der Waals surface area contributed by atoms with Crippen molar-refractivity contribution in [1.29, 1.82) is 0 Å². The predicted octanol–water partition coefficient (Wildman–Crippen LogP) is 4.37. The van der Waals surface area contributed by atoms with Gasteiger partial charge in [0.15, 0.2) is 5.13 Å². The molecule has 3 nitrogen and oxygen atoms in total. The minimum absolute atomic E-state index is 0.224. The Hall–Kier alpha value is -0.940. The molecule has 0 bridgehead atoms. The van der Waals surface area contributed by atoms with Crippen LogP contribution in [0.5, 0.6) is 0 Å². The van der Waals surface area contributed by atoms with Crippen molar-refractivity contribution in [2.24, 2.45) is 0 Å². The molecule has 2 aromatic heterocycles. The number of thiophene rings is 1. The standard InChI is InChI=1S/C17H22N2OS2/c1-19(11-7-3-2-4-8-11)17-18-15-14(16(20)22-17)12-9-5-6-10-13(12)21-15/h11H,2-10H2,1H3. The van der Waals surface area contributed by atoms with Crippen molar-refractivity contribution in [1.82, 2.24) is 4.98 Å². The van der Waals surface area contributed by atoms with Gasteiger partial charge in [0, 0.05) is 18.0 Å². The Kier molecular flexibility index (Phi) is 3.95. The van der Waals surface area contributed by atoms with Crippen LogP contribution >= 0.6 is 22.7 Å². The van der Waals surface area contributed by atoms with Crippen LogP contribution in [0.25, 0.3) is 10.2 Å².